The van der Waals surface area contributed by atoms with Gasteiger partial charge in [-0.1, -0.05) is 25.2 Å². The molecule has 1 atom stereocenters. The fourth-order valence-corrected chi connectivity index (χ4v) is 2.25. The van der Waals surface area contributed by atoms with Crippen LogP contribution in [0.3, 0.4) is 0 Å². The first-order chi connectivity index (χ1) is 7.86. The van der Waals surface area contributed by atoms with Crippen molar-refractivity contribution < 1.29 is 9.53 Å². The Morgan fingerprint density at radius 3 is 2.65 bits per heavy atom. The van der Waals surface area contributed by atoms with Gasteiger partial charge in [-0.15, -0.1) is 0 Å². The van der Waals surface area contributed by atoms with E-state index < -0.39 is 5.60 Å². The van der Waals surface area contributed by atoms with Gasteiger partial charge >= 0.3 is 5.97 Å². The first-order valence-corrected chi connectivity index (χ1v) is 6.43. The van der Waals surface area contributed by atoms with E-state index in [0.29, 0.717) is 11.5 Å². The third-order valence-corrected chi connectivity index (χ3v) is 3.65. The van der Waals surface area contributed by atoms with E-state index in [2.05, 4.69) is 19.6 Å². The molecule has 0 spiro atoms. The second kappa shape index (κ2) is 5.52. The van der Waals surface area contributed by atoms with Crippen LogP contribution in [0.25, 0.3) is 0 Å². The number of ether oxygens (including phenoxy) is 1. The molecular weight excluding hydrogens is 212 g/mol. The van der Waals surface area contributed by atoms with Crippen LogP contribution in [0.1, 0.15) is 53.4 Å². The number of esters is 1. The molecule has 0 saturated carbocycles. The van der Waals surface area contributed by atoms with Crippen molar-refractivity contribution in [1.82, 2.24) is 0 Å². The maximum Gasteiger partial charge on any atom is 0.333 e. The maximum atomic E-state index is 11.6. The fourth-order valence-electron chi connectivity index (χ4n) is 2.25. The van der Waals surface area contributed by atoms with E-state index in [1.54, 1.807) is 6.92 Å². The van der Waals surface area contributed by atoms with Crippen molar-refractivity contribution >= 4 is 5.97 Å². The molecule has 0 aliphatic heterocycles. The van der Waals surface area contributed by atoms with Crippen LogP contribution in [0.4, 0.5) is 0 Å². The molecule has 96 valence electrons. The SMILES string of the molecule is C=C(C)C(=O)OC(C)(C)C1CC=C(CC)CC1. The van der Waals surface area contributed by atoms with E-state index in [4.69, 9.17) is 4.74 Å². The van der Waals surface area contributed by atoms with E-state index in [-0.39, 0.29) is 5.97 Å². The van der Waals surface area contributed by atoms with Crippen molar-refractivity contribution in [3.63, 3.8) is 0 Å². The van der Waals surface area contributed by atoms with Gasteiger partial charge in [-0.25, -0.2) is 4.79 Å². The van der Waals surface area contributed by atoms with E-state index in [9.17, 15) is 4.79 Å². The predicted octanol–water partition coefficient (Wildman–Crippen LogP) is 4.02. The average Bonchev–Trinajstić information content (AvgIpc) is 2.28. The lowest BCUT2D eigenvalue weighted by atomic mass is 9.79. The standard InChI is InChI=1S/C15H24O2/c1-6-12-7-9-13(10-8-12)15(4,5)17-14(16)11(2)3/h7,13H,2,6,8-10H2,1,3-5H3. The van der Waals surface area contributed by atoms with Crippen molar-refractivity contribution in [2.24, 2.45) is 5.92 Å². The molecule has 0 amide bonds. The zero-order valence-corrected chi connectivity index (χ0v) is 11.5. The monoisotopic (exact) mass is 236 g/mol. The smallest absolute Gasteiger partial charge is 0.333 e. The molecule has 1 aliphatic rings. The maximum absolute atomic E-state index is 11.6. The van der Waals surface area contributed by atoms with E-state index in [1.165, 1.54) is 5.57 Å². The Hall–Kier alpha value is -1.05. The Balaban J connectivity index is 2.63. The topological polar surface area (TPSA) is 26.3 Å². The minimum absolute atomic E-state index is 0.278. The van der Waals surface area contributed by atoms with Crippen molar-refractivity contribution in [2.45, 2.75) is 59.0 Å². The van der Waals surface area contributed by atoms with E-state index in [1.807, 2.05) is 13.8 Å². The summed E-state index contributed by atoms with van der Waals surface area (Å²) in [5, 5.41) is 0. The highest BCUT2D eigenvalue weighted by Crippen LogP contribution is 2.35. The van der Waals surface area contributed by atoms with Crippen LogP contribution in [0.2, 0.25) is 0 Å². The van der Waals surface area contributed by atoms with Gasteiger partial charge in [-0.3, -0.25) is 0 Å². The number of carbonyl (C=O) groups excluding carboxylic acids is 1. The summed E-state index contributed by atoms with van der Waals surface area (Å²) in [4.78, 5) is 11.6. The Labute approximate surface area is 105 Å². The van der Waals surface area contributed by atoms with Crippen LogP contribution in [0.5, 0.6) is 0 Å². The molecule has 0 aromatic rings. The summed E-state index contributed by atoms with van der Waals surface area (Å²) in [6.45, 7) is 11.5. The molecule has 0 aromatic heterocycles. The van der Waals surface area contributed by atoms with Gasteiger partial charge in [-0.2, -0.15) is 0 Å². The van der Waals surface area contributed by atoms with E-state index in [0.717, 1.165) is 25.7 Å². The number of hydrogen-bond acceptors (Lipinski definition) is 2. The molecule has 1 rings (SSSR count). The number of rotatable bonds is 4. The Bertz CT molecular complexity index is 337. The quantitative estimate of drug-likeness (QED) is 0.418. The summed E-state index contributed by atoms with van der Waals surface area (Å²) >= 11 is 0. The Morgan fingerprint density at radius 2 is 2.24 bits per heavy atom. The highest BCUT2D eigenvalue weighted by atomic mass is 16.6. The molecule has 0 bridgehead atoms. The predicted molar refractivity (Wildman–Crippen MR) is 70.7 cm³/mol. The molecule has 1 unspecified atom stereocenters. The zero-order chi connectivity index (χ0) is 13.1. The minimum Gasteiger partial charge on any atom is -0.456 e. The molecule has 0 saturated heterocycles. The lowest BCUT2D eigenvalue weighted by Gasteiger charge is -2.36. The van der Waals surface area contributed by atoms with Gasteiger partial charge in [0, 0.05) is 11.5 Å². The van der Waals surface area contributed by atoms with Crippen LogP contribution in [0.15, 0.2) is 23.8 Å². The van der Waals surface area contributed by atoms with Crippen LogP contribution >= 0.6 is 0 Å². The molecule has 1 aliphatic carbocycles. The van der Waals surface area contributed by atoms with Gasteiger partial charge in [-0.05, 0) is 46.5 Å². The van der Waals surface area contributed by atoms with Gasteiger partial charge in [0.1, 0.15) is 5.60 Å². The van der Waals surface area contributed by atoms with Crippen molar-refractivity contribution in [3.05, 3.63) is 23.8 Å². The number of carbonyl (C=O) groups is 1. The third-order valence-electron chi connectivity index (χ3n) is 3.65. The highest BCUT2D eigenvalue weighted by Gasteiger charge is 2.33. The summed E-state index contributed by atoms with van der Waals surface area (Å²) in [7, 11) is 0. The largest absolute Gasteiger partial charge is 0.456 e. The lowest BCUT2D eigenvalue weighted by Crippen LogP contribution is -2.37. The first kappa shape index (κ1) is 14.0. The van der Waals surface area contributed by atoms with Gasteiger partial charge in [0.2, 0.25) is 0 Å². The average molecular weight is 236 g/mol. The van der Waals surface area contributed by atoms with Crippen LogP contribution in [0, 0.1) is 5.92 Å². The second-order valence-electron chi connectivity index (χ2n) is 5.46. The number of allylic oxidation sites excluding steroid dienone is 2. The van der Waals surface area contributed by atoms with Crippen LogP contribution < -0.4 is 0 Å². The van der Waals surface area contributed by atoms with Gasteiger partial charge in [0.15, 0.2) is 0 Å². The van der Waals surface area contributed by atoms with Crippen LogP contribution in [-0.2, 0) is 9.53 Å². The van der Waals surface area contributed by atoms with Crippen molar-refractivity contribution in [1.29, 1.82) is 0 Å². The highest BCUT2D eigenvalue weighted by molar-refractivity contribution is 5.87. The third kappa shape index (κ3) is 3.72. The van der Waals surface area contributed by atoms with Gasteiger partial charge in [0.05, 0.1) is 0 Å². The normalized spacial score (nSPS) is 20.7. The zero-order valence-electron chi connectivity index (χ0n) is 11.5. The molecule has 0 fully saturated rings. The number of hydrogen-bond donors (Lipinski definition) is 0. The molecule has 0 heterocycles. The second-order valence-corrected chi connectivity index (χ2v) is 5.46. The van der Waals surface area contributed by atoms with Gasteiger partial charge in [0.25, 0.3) is 0 Å². The summed E-state index contributed by atoms with van der Waals surface area (Å²) in [5.74, 6) is 0.140. The first-order valence-electron chi connectivity index (χ1n) is 6.43. The molecule has 2 heteroatoms. The summed E-state index contributed by atoms with van der Waals surface area (Å²) in [5.41, 5.74) is 1.60. The molecule has 0 N–H and O–H groups in total. The van der Waals surface area contributed by atoms with Crippen molar-refractivity contribution in [2.75, 3.05) is 0 Å². The lowest BCUT2D eigenvalue weighted by molar-refractivity contribution is -0.157. The minimum atomic E-state index is -0.397. The molecule has 0 aromatic carbocycles. The summed E-state index contributed by atoms with van der Waals surface area (Å²) < 4.78 is 5.54. The molecule has 17 heavy (non-hydrogen) atoms. The summed E-state index contributed by atoms with van der Waals surface area (Å²) in [6, 6.07) is 0. The van der Waals surface area contributed by atoms with Crippen molar-refractivity contribution in [3.8, 4) is 0 Å². The van der Waals surface area contributed by atoms with Gasteiger partial charge < -0.3 is 4.74 Å². The Morgan fingerprint density at radius 1 is 1.59 bits per heavy atom. The molecule has 0 radical (unpaired) electrons. The molecular formula is C15H24O2. The van der Waals surface area contributed by atoms with E-state index >= 15 is 0 Å². The van der Waals surface area contributed by atoms with Crippen LogP contribution in [-0.4, -0.2) is 11.6 Å². The molecule has 2 nitrogen and oxygen atoms in total. The fraction of sp³-hybridized carbons (Fsp3) is 0.667. The Kier molecular flexibility index (Phi) is 4.55. The summed E-state index contributed by atoms with van der Waals surface area (Å²) in [6.07, 6.45) is 6.70.